The highest BCUT2D eigenvalue weighted by Gasteiger charge is 2.39. The molecule has 0 amide bonds. The Morgan fingerprint density at radius 2 is 1.94 bits per heavy atom. The number of benzene rings is 1. The quantitative estimate of drug-likeness (QED) is 0.790. The molecule has 1 atom stereocenters. The molecule has 0 saturated carbocycles. The molecule has 2 rings (SSSR count). The first-order chi connectivity index (χ1) is 7.96. The first-order valence-electron chi connectivity index (χ1n) is 5.40. The van der Waals surface area contributed by atoms with Crippen LogP contribution >= 0.6 is 0 Å². The zero-order valence-electron chi connectivity index (χ0n) is 9.82. The Kier molecular flexibility index (Phi) is 2.65. The Hall–Kier alpha value is -1.84. The molecule has 0 aliphatic heterocycles. The summed E-state index contributed by atoms with van der Waals surface area (Å²) in [6, 6.07) is 5.23. The second-order valence-corrected chi connectivity index (χ2v) is 4.69. The second kappa shape index (κ2) is 3.87. The number of aliphatic carboxylic acids is 1. The number of hydrogen-bond donors (Lipinski definition) is 1. The van der Waals surface area contributed by atoms with E-state index in [1.165, 1.54) is 7.11 Å². The van der Waals surface area contributed by atoms with Crippen molar-refractivity contribution in [3.05, 3.63) is 34.9 Å². The van der Waals surface area contributed by atoms with Gasteiger partial charge in [0.2, 0.25) is 0 Å². The number of carbonyl (C=O) groups excluding carboxylic acids is 1. The van der Waals surface area contributed by atoms with Gasteiger partial charge >= 0.3 is 11.9 Å². The van der Waals surface area contributed by atoms with Crippen molar-refractivity contribution in [2.75, 3.05) is 7.11 Å². The van der Waals surface area contributed by atoms with E-state index >= 15 is 0 Å². The molecule has 1 aromatic rings. The molecule has 1 N–H and O–H groups in total. The Balaban J connectivity index is 2.34. The Morgan fingerprint density at radius 1 is 1.29 bits per heavy atom. The maximum absolute atomic E-state index is 11.4. The van der Waals surface area contributed by atoms with Crippen LogP contribution in [0.2, 0.25) is 0 Å². The number of carboxylic acids is 1. The number of methoxy groups -OCH3 is 1. The van der Waals surface area contributed by atoms with Gasteiger partial charge in [-0.3, -0.25) is 4.79 Å². The van der Waals surface area contributed by atoms with Crippen molar-refractivity contribution in [2.45, 2.75) is 19.8 Å². The lowest BCUT2D eigenvalue weighted by Crippen LogP contribution is -2.27. The van der Waals surface area contributed by atoms with Crippen LogP contribution in [0, 0.1) is 5.41 Å². The van der Waals surface area contributed by atoms with Crippen LogP contribution in [-0.2, 0) is 22.4 Å². The third kappa shape index (κ3) is 1.90. The lowest BCUT2D eigenvalue weighted by atomic mass is 9.87. The molecule has 1 unspecified atom stereocenters. The summed E-state index contributed by atoms with van der Waals surface area (Å²) in [5, 5.41) is 9.18. The van der Waals surface area contributed by atoms with Gasteiger partial charge in [0.15, 0.2) is 0 Å². The van der Waals surface area contributed by atoms with E-state index in [9.17, 15) is 14.7 Å². The topological polar surface area (TPSA) is 63.6 Å². The molecule has 0 radical (unpaired) electrons. The standard InChI is InChI=1S/C13H14O4/c1-13(12(15)16)6-9-4-3-8(11(14)17-2)5-10(9)7-13/h3-5H,6-7H2,1-2H3,(H,15,16). The number of fused-ring (bicyclic) bond motifs is 1. The summed E-state index contributed by atoms with van der Waals surface area (Å²) in [7, 11) is 1.33. The van der Waals surface area contributed by atoms with Crippen molar-refractivity contribution < 1.29 is 19.4 Å². The summed E-state index contributed by atoms with van der Waals surface area (Å²) in [6.45, 7) is 1.73. The molecule has 0 heterocycles. The van der Waals surface area contributed by atoms with Gasteiger partial charge in [-0.05, 0) is 43.0 Å². The van der Waals surface area contributed by atoms with Crippen molar-refractivity contribution in [1.29, 1.82) is 0 Å². The molecule has 4 nitrogen and oxygen atoms in total. The van der Waals surface area contributed by atoms with Gasteiger partial charge in [-0.2, -0.15) is 0 Å². The van der Waals surface area contributed by atoms with Gasteiger partial charge in [-0.25, -0.2) is 4.79 Å². The first kappa shape index (κ1) is 11.6. The number of carbonyl (C=O) groups is 2. The summed E-state index contributed by atoms with van der Waals surface area (Å²) in [6.07, 6.45) is 0.974. The molecule has 0 fully saturated rings. The minimum Gasteiger partial charge on any atom is -0.481 e. The van der Waals surface area contributed by atoms with Gasteiger partial charge in [0, 0.05) is 0 Å². The highest BCUT2D eigenvalue weighted by Crippen LogP contribution is 2.37. The zero-order valence-corrected chi connectivity index (χ0v) is 9.82. The third-order valence-corrected chi connectivity index (χ3v) is 3.30. The lowest BCUT2D eigenvalue weighted by Gasteiger charge is -2.16. The number of rotatable bonds is 2. The molecule has 1 aromatic carbocycles. The normalized spacial score (nSPS) is 22.0. The number of ether oxygens (including phenoxy) is 1. The van der Waals surface area contributed by atoms with Crippen LogP contribution in [0.15, 0.2) is 18.2 Å². The van der Waals surface area contributed by atoms with Crippen LogP contribution in [0.3, 0.4) is 0 Å². The van der Waals surface area contributed by atoms with E-state index in [1.54, 1.807) is 19.1 Å². The van der Waals surface area contributed by atoms with Gasteiger partial charge in [-0.15, -0.1) is 0 Å². The summed E-state index contributed by atoms with van der Waals surface area (Å²) in [5.41, 5.74) is 1.65. The van der Waals surface area contributed by atoms with Crippen molar-refractivity contribution in [3.63, 3.8) is 0 Å². The molecule has 4 heteroatoms. The SMILES string of the molecule is COC(=O)c1ccc2c(c1)CC(C)(C(=O)O)C2. The predicted octanol–water partition coefficient (Wildman–Crippen LogP) is 1.66. The maximum atomic E-state index is 11.4. The fraction of sp³-hybridized carbons (Fsp3) is 0.385. The van der Waals surface area contributed by atoms with Crippen LogP contribution in [0.1, 0.15) is 28.4 Å². The van der Waals surface area contributed by atoms with Crippen LogP contribution < -0.4 is 0 Å². The molecule has 90 valence electrons. The fourth-order valence-corrected chi connectivity index (χ4v) is 2.26. The van der Waals surface area contributed by atoms with E-state index in [0.717, 1.165) is 11.1 Å². The van der Waals surface area contributed by atoms with Crippen LogP contribution in [0.4, 0.5) is 0 Å². The van der Waals surface area contributed by atoms with E-state index in [2.05, 4.69) is 4.74 Å². The Bertz CT molecular complexity index is 492. The number of esters is 1. The molecular formula is C13H14O4. The van der Waals surface area contributed by atoms with Crippen molar-refractivity contribution in [3.8, 4) is 0 Å². The van der Waals surface area contributed by atoms with Gasteiger partial charge < -0.3 is 9.84 Å². The summed E-state index contributed by atoms with van der Waals surface area (Å²) in [5.74, 6) is -1.19. The van der Waals surface area contributed by atoms with Gasteiger partial charge in [0.1, 0.15) is 0 Å². The predicted molar refractivity (Wildman–Crippen MR) is 60.9 cm³/mol. The minimum atomic E-state index is -0.798. The van der Waals surface area contributed by atoms with Crippen molar-refractivity contribution in [2.24, 2.45) is 5.41 Å². The van der Waals surface area contributed by atoms with Crippen LogP contribution in [0.5, 0.6) is 0 Å². The van der Waals surface area contributed by atoms with Gasteiger partial charge in [0.25, 0.3) is 0 Å². The number of hydrogen-bond acceptors (Lipinski definition) is 3. The summed E-state index contributed by atoms with van der Waals surface area (Å²) in [4.78, 5) is 22.5. The molecule has 1 aliphatic rings. The molecule has 17 heavy (non-hydrogen) atoms. The van der Waals surface area contributed by atoms with Gasteiger partial charge in [0.05, 0.1) is 18.1 Å². The monoisotopic (exact) mass is 234 g/mol. The zero-order chi connectivity index (χ0) is 12.6. The average molecular weight is 234 g/mol. The summed E-state index contributed by atoms with van der Waals surface area (Å²) < 4.78 is 4.64. The average Bonchev–Trinajstić information content (AvgIpc) is 2.64. The van der Waals surface area contributed by atoms with Crippen LogP contribution in [-0.4, -0.2) is 24.2 Å². The van der Waals surface area contributed by atoms with Crippen molar-refractivity contribution >= 4 is 11.9 Å². The highest BCUT2D eigenvalue weighted by atomic mass is 16.5. The van der Waals surface area contributed by atoms with E-state index < -0.39 is 17.4 Å². The molecule has 0 aromatic heterocycles. The third-order valence-electron chi connectivity index (χ3n) is 3.30. The molecule has 0 bridgehead atoms. The molecule has 1 aliphatic carbocycles. The van der Waals surface area contributed by atoms with E-state index in [0.29, 0.717) is 18.4 Å². The first-order valence-corrected chi connectivity index (χ1v) is 5.40. The molecule has 0 saturated heterocycles. The smallest absolute Gasteiger partial charge is 0.337 e. The fourth-order valence-electron chi connectivity index (χ4n) is 2.26. The Labute approximate surface area is 99.2 Å². The van der Waals surface area contributed by atoms with Crippen molar-refractivity contribution in [1.82, 2.24) is 0 Å². The maximum Gasteiger partial charge on any atom is 0.337 e. The second-order valence-electron chi connectivity index (χ2n) is 4.69. The largest absolute Gasteiger partial charge is 0.481 e. The van der Waals surface area contributed by atoms with E-state index in [1.807, 2.05) is 6.07 Å². The van der Waals surface area contributed by atoms with E-state index in [4.69, 9.17) is 0 Å². The van der Waals surface area contributed by atoms with Crippen LogP contribution in [0.25, 0.3) is 0 Å². The van der Waals surface area contributed by atoms with E-state index in [-0.39, 0.29) is 0 Å². The van der Waals surface area contributed by atoms with Gasteiger partial charge in [-0.1, -0.05) is 6.07 Å². The minimum absolute atomic E-state index is 0.392. The molecular weight excluding hydrogens is 220 g/mol. The Morgan fingerprint density at radius 3 is 2.53 bits per heavy atom. The molecule has 0 spiro atoms. The summed E-state index contributed by atoms with van der Waals surface area (Å²) >= 11 is 0. The lowest BCUT2D eigenvalue weighted by molar-refractivity contribution is -0.147. The number of carboxylic acid groups (broad SMARTS) is 1. The highest BCUT2D eigenvalue weighted by molar-refractivity contribution is 5.90.